The van der Waals surface area contributed by atoms with Gasteiger partial charge in [0.05, 0.1) is 31.2 Å². The van der Waals surface area contributed by atoms with Crippen LogP contribution in [0.3, 0.4) is 0 Å². The van der Waals surface area contributed by atoms with E-state index in [-0.39, 0.29) is 25.4 Å². The van der Waals surface area contributed by atoms with Crippen molar-refractivity contribution in [2.75, 3.05) is 44.2 Å². The molecule has 0 amide bonds. The SMILES string of the molecule is NCc1ccc2cc(C(=O)OCCN3CCOCC3)n(Cc3cc(NS(=O)(=O)Cc4ccsc4)cc4ccccc34)c2n1. The molecule has 1 fully saturated rings. The summed E-state index contributed by atoms with van der Waals surface area (Å²) >= 11 is 1.46. The van der Waals surface area contributed by atoms with Crippen LogP contribution in [0.25, 0.3) is 21.8 Å². The number of nitrogens with zero attached hydrogens (tertiary/aromatic N) is 3. The number of nitrogens with one attached hydrogen (secondary N) is 1. The number of sulfonamides is 1. The lowest BCUT2D eigenvalue weighted by Gasteiger charge is -2.26. The van der Waals surface area contributed by atoms with Gasteiger partial charge in [-0.15, -0.1) is 0 Å². The summed E-state index contributed by atoms with van der Waals surface area (Å²) in [6, 6.07) is 18.7. The van der Waals surface area contributed by atoms with Crippen molar-refractivity contribution in [2.45, 2.75) is 18.8 Å². The maximum Gasteiger partial charge on any atom is 0.355 e. The van der Waals surface area contributed by atoms with Gasteiger partial charge in [-0.25, -0.2) is 18.2 Å². The van der Waals surface area contributed by atoms with Crippen molar-refractivity contribution in [1.29, 1.82) is 0 Å². The van der Waals surface area contributed by atoms with Crippen LogP contribution < -0.4 is 10.5 Å². The molecule has 0 aliphatic carbocycles. The maximum absolute atomic E-state index is 13.5. The molecule has 0 unspecified atom stereocenters. The highest BCUT2D eigenvalue weighted by atomic mass is 32.2. The summed E-state index contributed by atoms with van der Waals surface area (Å²) < 4.78 is 41.8. The van der Waals surface area contributed by atoms with E-state index in [0.29, 0.717) is 42.5 Å². The molecule has 2 aromatic carbocycles. The van der Waals surface area contributed by atoms with Gasteiger partial charge in [-0.3, -0.25) is 9.62 Å². The fraction of sp³-hybridized carbons (Fsp3) is 0.290. The standard InChI is InChI=1S/C31H33N5O5S2/c32-18-26-6-5-24-17-29(31(37)41-13-10-35-8-11-40-12-9-35)36(30(24)33-26)19-25-16-27(15-23-3-1-2-4-28(23)25)34-43(38,39)21-22-7-14-42-20-22/h1-7,14-17,20,34H,8-13,18-19,21,32H2. The number of carbonyl (C=O) groups excluding carboxylic acids is 1. The first-order valence-corrected chi connectivity index (χ1v) is 16.7. The van der Waals surface area contributed by atoms with Gasteiger partial charge in [-0.2, -0.15) is 11.3 Å². The lowest BCUT2D eigenvalue weighted by Crippen LogP contribution is -2.38. The number of esters is 1. The summed E-state index contributed by atoms with van der Waals surface area (Å²) in [7, 11) is -3.65. The molecular weight excluding hydrogens is 587 g/mol. The van der Waals surface area contributed by atoms with Crippen LogP contribution in [0, 0.1) is 0 Å². The van der Waals surface area contributed by atoms with Crippen LogP contribution in [-0.2, 0) is 38.3 Å². The Bertz CT molecular complexity index is 1850. The molecule has 1 saturated heterocycles. The third kappa shape index (κ3) is 6.89. The number of nitrogens with two attached hydrogens (primary N) is 1. The maximum atomic E-state index is 13.5. The predicted molar refractivity (Wildman–Crippen MR) is 169 cm³/mol. The monoisotopic (exact) mass is 619 g/mol. The van der Waals surface area contributed by atoms with Crippen LogP contribution in [-0.4, -0.2) is 68.3 Å². The summed E-state index contributed by atoms with van der Waals surface area (Å²) in [5.74, 6) is -0.565. The fourth-order valence-corrected chi connectivity index (χ4v) is 7.28. The van der Waals surface area contributed by atoms with Gasteiger partial charge >= 0.3 is 5.97 Å². The highest BCUT2D eigenvalue weighted by molar-refractivity contribution is 7.91. The number of anilines is 1. The minimum absolute atomic E-state index is 0.118. The van der Waals surface area contributed by atoms with Gasteiger partial charge in [0, 0.05) is 37.3 Å². The zero-order chi connectivity index (χ0) is 29.8. The highest BCUT2D eigenvalue weighted by Gasteiger charge is 2.21. The smallest absolute Gasteiger partial charge is 0.355 e. The van der Waals surface area contributed by atoms with Gasteiger partial charge in [0.1, 0.15) is 17.9 Å². The molecule has 6 rings (SSSR count). The van der Waals surface area contributed by atoms with Crippen LogP contribution in [0.15, 0.2) is 71.4 Å². The zero-order valence-electron chi connectivity index (χ0n) is 23.6. The van der Waals surface area contributed by atoms with Crippen LogP contribution in [0.4, 0.5) is 5.69 Å². The van der Waals surface area contributed by atoms with Crippen molar-refractivity contribution >= 4 is 54.8 Å². The number of thiophene rings is 1. The number of benzene rings is 2. The van der Waals surface area contributed by atoms with Crippen molar-refractivity contribution < 1.29 is 22.7 Å². The second-order valence-corrected chi connectivity index (χ2v) is 13.0. The lowest BCUT2D eigenvalue weighted by atomic mass is 10.0. The van der Waals surface area contributed by atoms with E-state index in [0.717, 1.165) is 40.4 Å². The molecule has 3 N–H and O–H groups in total. The quantitative estimate of drug-likeness (QED) is 0.211. The van der Waals surface area contributed by atoms with Gasteiger partial charge in [-0.05, 0) is 69.1 Å². The number of rotatable bonds is 11. The third-order valence-corrected chi connectivity index (χ3v) is 9.44. The van der Waals surface area contributed by atoms with Crippen LogP contribution in [0.1, 0.15) is 27.3 Å². The Kier molecular flexibility index (Phi) is 8.73. The first-order valence-electron chi connectivity index (χ1n) is 14.1. The van der Waals surface area contributed by atoms with E-state index in [1.807, 2.05) is 63.9 Å². The number of morpholine rings is 1. The second-order valence-electron chi connectivity index (χ2n) is 10.5. The first-order chi connectivity index (χ1) is 20.9. The molecule has 5 aromatic rings. The normalized spacial score (nSPS) is 14.3. The fourth-order valence-electron chi connectivity index (χ4n) is 5.34. The number of hydrogen-bond donors (Lipinski definition) is 2. The average Bonchev–Trinajstić information content (AvgIpc) is 3.64. The molecule has 224 valence electrons. The Labute approximate surface area is 254 Å². The Balaban J connectivity index is 1.34. The topological polar surface area (TPSA) is 129 Å². The number of fused-ring (bicyclic) bond motifs is 2. The molecule has 3 aromatic heterocycles. The number of aromatic nitrogens is 2. The van der Waals surface area contributed by atoms with Gasteiger partial charge in [-0.1, -0.05) is 24.3 Å². The molecule has 1 aliphatic heterocycles. The van der Waals surface area contributed by atoms with Crippen LogP contribution in [0.5, 0.6) is 0 Å². The van der Waals surface area contributed by atoms with Gasteiger partial charge in [0.2, 0.25) is 10.0 Å². The molecular formula is C31H33N5O5S2. The largest absolute Gasteiger partial charge is 0.460 e. The van der Waals surface area contributed by atoms with E-state index >= 15 is 0 Å². The van der Waals surface area contributed by atoms with E-state index < -0.39 is 16.0 Å². The second kappa shape index (κ2) is 12.8. The van der Waals surface area contributed by atoms with Crippen molar-refractivity contribution in [3.05, 3.63) is 93.9 Å². The van der Waals surface area contributed by atoms with E-state index in [1.165, 1.54) is 11.3 Å². The van der Waals surface area contributed by atoms with Crippen LogP contribution >= 0.6 is 11.3 Å². The third-order valence-electron chi connectivity index (χ3n) is 7.45. The number of hydrogen-bond acceptors (Lipinski definition) is 9. The van der Waals surface area contributed by atoms with Gasteiger partial charge in [0.15, 0.2) is 0 Å². The van der Waals surface area contributed by atoms with Crippen molar-refractivity contribution in [1.82, 2.24) is 14.5 Å². The summed E-state index contributed by atoms with van der Waals surface area (Å²) in [5.41, 5.74) is 9.58. The lowest BCUT2D eigenvalue weighted by molar-refractivity contribution is 0.0191. The summed E-state index contributed by atoms with van der Waals surface area (Å²) in [6.45, 7) is 4.37. The molecule has 4 heterocycles. The minimum Gasteiger partial charge on any atom is -0.460 e. The summed E-state index contributed by atoms with van der Waals surface area (Å²) in [5, 5.41) is 6.28. The molecule has 0 saturated carbocycles. The Morgan fingerprint density at radius 2 is 1.91 bits per heavy atom. The molecule has 12 heteroatoms. The number of ether oxygens (including phenoxy) is 2. The Hall–Kier alpha value is -3.81. The number of pyridine rings is 1. The molecule has 0 radical (unpaired) electrons. The van der Waals surface area contributed by atoms with Crippen molar-refractivity contribution in [3.63, 3.8) is 0 Å². The molecule has 0 spiro atoms. The first kappa shape index (κ1) is 29.3. The molecule has 0 bridgehead atoms. The van der Waals surface area contributed by atoms with E-state index in [2.05, 4.69) is 9.62 Å². The van der Waals surface area contributed by atoms with E-state index in [4.69, 9.17) is 20.2 Å². The average molecular weight is 620 g/mol. The van der Waals surface area contributed by atoms with Gasteiger partial charge in [0.25, 0.3) is 0 Å². The summed E-state index contributed by atoms with van der Waals surface area (Å²) in [4.78, 5) is 20.4. The minimum atomic E-state index is -3.65. The molecule has 43 heavy (non-hydrogen) atoms. The Morgan fingerprint density at radius 3 is 2.70 bits per heavy atom. The summed E-state index contributed by atoms with van der Waals surface area (Å²) in [6.07, 6.45) is 0. The molecule has 10 nitrogen and oxygen atoms in total. The van der Waals surface area contributed by atoms with E-state index in [1.54, 1.807) is 12.1 Å². The van der Waals surface area contributed by atoms with Crippen molar-refractivity contribution in [2.24, 2.45) is 5.73 Å². The zero-order valence-corrected chi connectivity index (χ0v) is 25.2. The number of carbonyl (C=O) groups is 1. The highest BCUT2D eigenvalue weighted by Crippen LogP contribution is 2.29. The van der Waals surface area contributed by atoms with Crippen molar-refractivity contribution in [3.8, 4) is 0 Å². The van der Waals surface area contributed by atoms with Crippen LogP contribution in [0.2, 0.25) is 0 Å². The van der Waals surface area contributed by atoms with Gasteiger partial charge < -0.3 is 19.8 Å². The Morgan fingerprint density at radius 1 is 1.07 bits per heavy atom. The van der Waals surface area contributed by atoms with E-state index in [9.17, 15) is 13.2 Å². The predicted octanol–water partition coefficient (Wildman–Crippen LogP) is 4.19. The molecule has 0 atom stereocenters. The molecule has 1 aliphatic rings.